The predicted octanol–water partition coefficient (Wildman–Crippen LogP) is 4.49. The molecule has 0 saturated heterocycles. The molecule has 1 aliphatic rings. The second-order valence-corrected chi connectivity index (χ2v) is 7.01. The zero-order chi connectivity index (χ0) is 21.1. The maximum absolute atomic E-state index is 11.3. The van der Waals surface area contributed by atoms with Gasteiger partial charge in [0, 0.05) is 17.1 Å². The number of methoxy groups -OCH3 is 1. The predicted molar refractivity (Wildman–Crippen MR) is 113 cm³/mol. The van der Waals surface area contributed by atoms with Crippen LogP contribution in [0.3, 0.4) is 0 Å². The van der Waals surface area contributed by atoms with Gasteiger partial charge in [0.15, 0.2) is 0 Å². The lowest BCUT2D eigenvalue weighted by Crippen LogP contribution is -2.03. The molecule has 4 rings (SSSR count). The Balaban J connectivity index is 0.000000188. The molecule has 1 aliphatic heterocycles. The molecule has 3 N–H and O–H groups in total. The first-order chi connectivity index (χ1) is 13.8. The first-order valence-electron chi connectivity index (χ1n) is 9.26. The van der Waals surface area contributed by atoms with E-state index < -0.39 is 5.97 Å². The molecule has 0 fully saturated rings. The van der Waals surface area contributed by atoms with E-state index in [9.17, 15) is 9.59 Å². The highest BCUT2D eigenvalue weighted by Gasteiger charge is 2.17. The number of aryl methyl sites for hydroxylation is 2. The quantitative estimate of drug-likeness (QED) is 0.612. The van der Waals surface area contributed by atoms with Gasteiger partial charge in [-0.25, -0.2) is 4.79 Å². The Morgan fingerprint density at radius 1 is 1.03 bits per heavy atom. The molecule has 0 bridgehead atoms. The van der Waals surface area contributed by atoms with Crippen LogP contribution >= 0.6 is 0 Å². The zero-order valence-corrected chi connectivity index (χ0v) is 16.9. The number of fused-ring (bicyclic) bond motifs is 1. The van der Waals surface area contributed by atoms with E-state index in [1.54, 1.807) is 14.0 Å². The average molecular weight is 392 g/mol. The highest BCUT2D eigenvalue weighted by molar-refractivity contribution is 6.00. The number of hydrogen-bond donors (Lipinski definition) is 3. The van der Waals surface area contributed by atoms with Crippen molar-refractivity contribution in [2.45, 2.75) is 27.2 Å². The first kappa shape index (κ1) is 20.2. The van der Waals surface area contributed by atoms with E-state index in [0.717, 1.165) is 45.1 Å². The molecule has 150 valence electrons. The van der Waals surface area contributed by atoms with Crippen molar-refractivity contribution in [1.29, 1.82) is 0 Å². The number of hydrogen-bond acceptors (Lipinski definition) is 3. The van der Waals surface area contributed by atoms with Crippen LogP contribution in [0.25, 0.3) is 11.1 Å². The van der Waals surface area contributed by atoms with Crippen molar-refractivity contribution in [1.82, 2.24) is 4.98 Å². The fourth-order valence-corrected chi connectivity index (χ4v) is 3.42. The van der Waals surface area contributed by atoms with Gasteiger partial charge < -0.3 is 20.1 Å². The van der Waals surface area contributed by atoms with E-state index in [-0.39, 0.29) is 5.91 Å². The minimum Gasteiger partial charge on any atom is -0.497 e. The molecule has 0 atom stereocenters. The van der Waals surface area contributed by atoms with Gasteiger partial charge in [-0.15, -0.1) is 0 Å². The van der Waals surface area contributed by atoms with E-state index in [1.807, 2.05) is 56.3 Å². The van der Waals surface area contributed by atoms with Gasteiger partial charge in [-0.05, 0) is 61.2 Å². The number of anilines is 1. The summed E-state index contributed by atoms with van der Waals surface area (Å²) < 4.78 is 5.22. The largest absolute Gasteiger partial charge is 0.497 e. The van der Waals surface area contributed by atoms with Gasteiger partial charge >= 0.3 is 5.97 Å². The van der Waals surface area contributed by atoms with E-state index in [0.29, 0.717) is 12.0 Å². The number of amides is 1. The summed E-state index contributed by atoms with van der Waals surface area (Å²) >= 11 is 0. The molecule has 0 unspecified atom stereocenters. The van der Waals surface area contributed by atoms with Crippen molar-refractivity contribution in [2.75, 3.05) is 12.4 Å². The van der Waals surface area contributed by atoms with Crippen molar-refractivity contribution < 1.29 is 19.4 Å². The second-order valence-electron chi connectivity index (χ2n) is 7.01. The first-order valence-corrected chi connectivity index (χ1v) is 9.26. The van der Waals surface area contributed by atoms with Gasteiger partial charge in [-0.2, -0.15) is 0 Å². The third-order valence-corrected chi connectivity index (χ3v) is 5.04. The smallest absolute Gasteiger partial charge is 0.337 e. The van der Waals surface area contributed by atoms with Crippen molar-refractivity contribution in [2.24, 2.45) is 0 Å². The molecule has 29 heavy (non-hydrogen) atoms. The van der Waals surface area contributed by atoms with Crippen LogP contribution in [0.5, 0.6) is 5.75 Å². The summed E-state index contributed by atoms with van der Waals surface area (Å²) in [5.41, 5.74) is 7.03. The summed E-state index contributed by atoms with van der Waals surface area (Å²) in [4.78, 5) is 24.9. The van der Waals surface area contributed by atoms with Crippen molar-refractivity contribution >= 4 is 17.6 Å². The molecule has 2 aromatic carbocycles. The summed E-state index contributed by atoms with van der Waals surface area (Å²) in [5, 5.41) is 11.6. The van der Waals surface area contributed by atoms with Crippen LogP contribution in [0.4, 0.5) is 5.69 Å². The number of H-pyrrole nitrogens is 1. The minimum atomic E-state index is -0.857. The number of carboxylic acids is 1. The lowest BCUT2D eigenvalue weighted by molar-refractivity contribution is -0.115. The Bertz CT molecular complexity index is 1080. The van der Waals surface area contributed by atoms with Crippen LogP contribution in [-0.4, -0.2) is 29.1 Å². The lowest BCUT2D eigenvalue weighted by Gasteiger charge is -2.06. The Hall–Kier alpha value is -3.54. The number of rotatable bonds is 3. The monoisotopic (exact) mass is 392 g/mol. The molecule has 1 amide bonds. The van der Waals surface area contributed by atoms with Gasteiger partial charge in [0.25, 0.3) is 0 Å². The summed E-state index contributed by atoms with van der Waals surface area (Å²) in [5.74, 6) is 0.0363. The summed E-state index contributed by atoms with van der Waals surface area (Å²) in [7, 11) is 1.65. The molecule has 0 saturated carbocycles. The van der Waals surface area contributed by atoms with Crippen LogP contribution in [0.2, 0.25) is 0 Å². The second kappa shape index (κ2) is 8.22. The standard InChI is InChI=1S/C15H13NO2.C8H11NO2/c1-18-13-4-2-3-10(7-13)11-5-6-12-9-15(17)16-14(12)8-11;1-4-5(2)9-6(3)7(4)8(10)11/h2-8H,9H2,1H3,(H,16,17);9H,1-3H3,(H,10,11). The molecule has 6 heteroatoms. The third-order valence-electron chi connectivity index (χ3n) is 5.04. The van der Waals surface area contributed by atoms with Gasteiger partial charge in [0.05, 0.1) is 19.1 Å². The van der Waals surface area contributed by atoms with Crippen molar-refractivity contribution in [3.8, 4) is 16.9 Å². The number of aromatic amines is 1. The number of carbonyl (C=O) groups excluding carboxylic acids is 1. The highest BCUT2D eigenvalue weighted by atomic mass is 16.5. The molecular weight excluding hydrogens is 368 g/mol. The maximum atomic E-state index is 11.3. The van der Waals surface area contributed by atoms with Crippen LogP contribution in [0.15, 0.2) is 42.5 Å². The fraction of sp³-hybridized carbons (Fsp3) is 0.217. The number of ether oxygens (including phenoxy) is 1. The van der Waals surface area contributed by atoms with Crippen LogP contribution < -0.4 is 10.1 Å². The van der Waals surface area contributed by atoms with E-state index in [2.05, 4.69) is 10.3 Å². The lowest BCUT2D eigenvalue weighted by atomic mass is 10.0. The molecule has 0 aliphatic carbocycles. The Kier molecular flexibility index (Phi) is 5.73. The molecule has 1 aromatic heterocycles. The molecule has 6 nitrogen and oxygen atoms in total. The number of aromatic carboxylic acids is 1. The number of carboxylic acid groups (broad SMARTS) is 1. The van der Waals surface area contributed by atoms with Gasteiger partial charge in [0.2, 0.25) is 5.91 Å². The number of aromatic nitrogens is 1. The van der Waals surface area contributed by atoms with E-state index in [1.165, 1.54) is 0 Å². The fourth-order valence-electron chi connectivity index (χ4n) is 3.42. The molecular formula is C23H24N2O4. The number of benzene rings is 2. The van der Waals surface area contributed by atoms with Gasteiger partial charge in [-0.1, -0.05) is 24.3 Å². The Morgan fingerprint density at radius 3 is 2.34 bits per heavy atom. The maximum Gasteiger partial charge on any atom is 0.337 e. The highest BCUT2D eigenvalue weighted by Crippen LogP contribution is 2.30. The topological polar surface area (TPSA) is 91.4 Å². The zero-order valence-electron chi connectivity index (χ0n) is 16.9. The molecule has 2 heterocycles. The summed E-state index contributed by atoms with van der Waals surface area (Å²) in [6, 6.07) is 13.9. The number of carbonyl (C=O) groups is 2. The molecule has 0 radical (unpaired) electrons. The Labute approximate surface area is 169 Å². The van der Waals surface area contributed by atoms with Crippen LogP contribution in [-0.2, 0) is 11.2 Å². The SMILES string of the molecule is COc1cccc(-c2ccc3c(c2)NC(=O)C3)c1.Cc1[nH]c(C)c(C(=O)O)c1C. The normalized spacial score (nSPS) is 11.9. The van der Waals surface area contributed by atoms with E-state index >= 15 is 0 Å². The summed E-state index contributed by atoms with van der Waals surface area (Å²) in [6.45, 7) is 5.44. The van der Waals surface area contributed by atoms with E-state index in [4.69, 9.17) is 9.84 Å². The Morgan fingerprint density at radius 2 is 1.76 bits per heavy atom. The van der Waals surface area contributed by atoms with Gasteiger partial charge in [0.1, 0.15) is 5.75 Å². The average Bonchev–Trinajstić information content (AvgIpc) is 3.19. The third kappa shape index (κ3) is 4.32. The summed E-state index contributed by atoms with van der Waals surface area (Å²) in [6.07, 6.45) is 0.480. The molecule has 3 aromatic rings. The van der Waals surface area contributed by atoms with Gasteiger partial charge in [-0.3, -0.25) is 4.79 Å². The van der Waals surface area contributed by atoms with Crippen LogP contribution in [0, 0.1) is 20.8 Å². The van der Waals surface area contributed by atoms with Crippen LogP contribution in [0.1, 0.15) is 32.9 Å². The van der Waals surface area contributed by atoms with Crippen molar-refractivity contribution in [3.05, 3.63) is 70.5 Å². The van der Waals surface area contributed by atoms with Crippen molar-refractivity contribution in [3.63, 3.8) is 0 Å². The minimum absolute atomic E-state index is 0.0628. The molecule has 0 spiro atoms. The number of nitrogens with one attached hydrogen (secondary N) is 2.